The van der Waals surface area contributed by atoms with Gasteiger partial charge in [0.1, 0.15) is 0 Å². The summed E-state index contributed by atoms with van der Waals surface area (Å²) in [6.45, 7) is 3.40. The summed E-state index contributed by atoms with van der Waals surface area (Å²) in [7, 11) is 1.76. The number of nitrogens with two attached hydrogens (primary N) is 1. The van der Waals surface area contributed by atoms with E-state index in [2.05, 4.69) is 50.1 Å². The second kappa shape index (κ2) is 13.8. The highest BCUT2D eigenvalue weighted by Crippen LogP contribution is 2.24. The molecule has 5 N–H and O–H groups in total. The van der Waals surface area contributed by atoms with Crippen molar-refractivity contribution in [2.24, 2.45) is 10.7 Å². The summed E-state index contributed by atoms with van der Waals surface area (Å²) in [5.74, 6) is -0.166. The van der Waals surface area contributed by atoms with Gasteiger partial charge in [-0.3, -0.25) is 19.5 Å². The Labute approximate surface area is 212 Å². The molecule has 2 amide bonds. The summed E-state index contributed by atoms with van der Waals surface area (Å²) in [4.78, 5) is 29.7. The number of aliphatic imine (C=N–C) groups is 1. The molecule has 0 bridgehead atoms. The number of rotatable bonds is 9. The van der Waals surface area contributed by atoms with Crippen LogP contribution in [-0.4, -0.2) is 55.9 Å². The first-order chi connectivity index (χ1) is 15.6. The molecule has 1 saturated heterocycles. The average Bonchev–Trinajstić information content (AvgIpc) is 3.35. The van der Waals surface area contributed by atoms with Gasteiger partial charge < -0.3 is 21.7 Å². The Kier molecular flexibility index (Phi) is 11.1. The van der Waals surface area contributed by atoms with Crippen LogP contribution in [0.2, 0.25) is 0 Å². The monoisotopic (exact) mass is 564 g/mol. The third-order valence-corrected chi connectivity index (χ3v) is 5.55. The summed E-state index contributed by atoms with van der Waals surface area (Å²) >= 11 is 0. The van der Waals surface area contributed by atoms with Gasteiger partial charge in [0, 0.05) is 25.7 Å². The van der Waals surface area contributed by atoms with Crippen LogP contribution in [0.4, 0.5) is 0 Å². The Morgan fingerprint density at radius 3 is 2.27 bits per heavy atom. The third-order valence-electron chi connectivity index (χ3n) is 5.55. The van der Waals surface area contributed by atoms with Crippen LogP contribution in [0, 0.1) is 0 Å². The van der Waals surface area contributed by atoms with Crippen molar-refractivity contribution in [2.45, 2.75) is 25.4 Å². The van der Waals surface area contributed by atoms with E-state index in [9.17, 15) is 9.59 Å². The van der Waals surface area contributed by atoms with Crippen LogP contribution in [0.3, 0.4) is 0 Å². The zero-order chi connectivity index (χ0) is 22.8. The Morgan fingerprint density at radius 1 is 1.00 bits per heavy atom. The van der Waals surface area contributed by atoms with Gasteiger partial charge in [-0.1, -0.05) is 42.5 Å². The van der Waals surface area contributed by atoms with Crippen LogP contribution in [0.15, 0.2) is 59.6 Å². The largest absolute Gasteiger partial charge is 0.368 e. The van der Waals surface area contributed by atoms with E-state index < -0.39 is 5.91 Å². The van der Waals surface area contributed by atoms with E-state index in [1.165, 1.54) is 18.4 Å². The van der Waals surface area contributed by atoms with Gasteiger partial charge in [-0.05, 0) is 49.2 Å². The number of amides is 2. The molecule has 0 aromatic heterocycles. The van der Waals surface area contributed by atoms with Crippen molar-refractivity contribution in [2.75, 3.05) is 33.2 Å². The second-order valence-electron chi connectivity index (χ2n) is 7.82. The molecular formula is C24H33IN6O2. The van der Waals surface area contributed by atoms with Crippen LogP contribution < -0.4 is 21.7 Å². The van der Waals surface area contributed by atoms with E-state index in [1.54, 1.807) is 19.2 Å². The minimum atomic E-state index is -0.572. The van der Waals surface area contributed by atoms with Crippen molar-refractivity contribution in [3.8, 4) is 0 Å². The summed E-state index contributed by atoms with van der Waals surface area (Å²) < 4.78 is 0. The molecule has 0 saturated carbocycles. The van der Waals surface area contributed by atoms with Gasteiger partial charge in [-0.15, -0.1) is 24.0 Å². The molecule has 0 radical (unpaired) electrons. The highest BCUT2D eigenvalue weighted by Gasteiger charge is 2.23. The molecular weight excluding hydrogens is 531 g/mol. The number of nitrogens with one attached hydrogen (secondary N) is 3. The molecule has 3 rings (SSSR count). The van der Waals surface area contributed by atoms with E-state index in [4.69, 9.17) is 5.73 Å². The van der Waals surface area contributed by atoms with Crippen molar-refractivity contribution < 1.29 is 9.59 Å². The van der Waals surface area contributed by atoms with Gasteiger partial charge in [-0.2, -0.15) is 0 Å². The zero-order valence-corrected chi connectivity index (χ0v) is 21.3. The van der Waals surface area contributed by atoms with Crippen molar-refractivity contribution in [1.29, 1.82) is 0 Å². The fourth-order valence-electron chi connectivity index (χ4n) is 3.83. The maximum atomic E-state index is 12.0. The van der Waals surface area contributed by atoms with E-state index in [1.807, 2.05) is 18.2 Å². The van der Waals surface area contributed by atoms with Crippen LogP contribution >= 0.6 is 24.0 Å². The predicted octanol–water partition coefficient (Wildman–Crippen LogP) is 2.02. The number of guanidine groups is 1. The summed E-state index contributed by atoms with van der Waals surface area (Å²) in [6, 6.07) is 18.1. The first kappa shape index (κ1) is 26.6. The average molecular weight is 564 g/mol. The topological polar surface area (TPSA) is 112 Å². The molecule has 8 nitrogen and oxygen atoms in total. The van der Waals surface area contributed by atoms with Gasteiger partial charge >= 0.3 is 0 Å². The van der Waals surface area contributed by atoms with Crippen LogP contribution in [0.1, 0.15) is 40.4 Å². The molecule has 9 heteroatoms. The van der Waals surface area contributed by atoms with Gasteiger partial charge in [0.2, 0.25) is 5.91 Å². The predicted molar refractivity (Wildman–Crippen MR) is 142 cm³/mol. The molecule has 1 heterocycles. The Morgan fingerprint density at radius 2 is 1.67 bits per heavy atom. The Hall–Kier alpha value is -2.66. The number of primary amides is 1. The number of hydrogen-bond acceptors (Lipinski definition) is 4. The molecule has 178 valence electrons. The minimum Gasteiger partial charge on any atom is -0.368 e. The SMILES string of the molecule is CN=C(NCc1ccc(C(=O)NCC(N)=O)cc1)NCC(c1ccccc1)N1CCCC1.I. The van der Waals surface area contributed by atoms with Crippen molar-refractivity contribution >= 4 is 41.8 Å². The number of hydrogen-bond donors (Lipinski definition) is 4. The van der Waals surface area contributed by atoms with Crippen molar-refractivity contribution in [3.05, 3.63) is 71.3 Å². The molecule has 1 fully saturated rings. The number of carbonyl (C=O) groups is 2. The van der Waals surface area contributed by atoms with Crippen LogP contribution in [0.5, 0.6) is 0 Å². The van der Waals surface area contributed by atoms with Crippen LogP contribution in [0.25, 0.3) is 0 Å². The Balaban J connectivity index is 0.00000385. The first-order valence-electron chi connectivity index (χ1n) is 11.0. The molecule has 1 unspecified atom stereocenters. The van der Waals surface area contributed by atoms with Crippen LogP contribution in [-0.2, 0) is 11.3 Å². The van der Waals surface area contributed by atoms with Gasteiger partial charge in [0.25, 0.3) is 5.91 Å². The number of nitrogens with zero attached hydrogens (tertiary/aromatic N) is 2. The highest BCUT2D eigenvalue weighted by atomic mass is 127. The van der Waals surface area contributed by atoms with Crippen molar-refractivity contribution in [1.82, 2.24) is 20.9 Å². The van der Waals surface area contributed by atoms with Gasteiger partial charge in [-0.25, -0.2) is 0 Å². The maximum Gasteiger partial charge on any atom is 0.251 e. The molecule has 0 aliphatic carbocycles. The Bertz CT molecular complexity index is 914. The number of likely N-dealkylation sites (tertiary alicyclic amines) is 1. The number of carbonyl (C=O) groups excluding carboxylic acids is 2. The first-order valence-corrected chi connectivity index (χ1v) is 11.0. The third kappa shape index (κ3) is 8.32. The van der Waals surface area contributed by atoms with E-state index in [-0.39, 0.29) is 36.4 Å². The maximum absolute atomic E-state index is 12.0. The quantitative estimate of drug-likeness (QED) is 0.212. The molecule has 2 aromatic carbocycles. The number of benzene rings is 2. The lowest BCUT2D eigenvalue weighted by atomic mass is 10.1. The fraction of sp³-hybridized carbons (Fsp3) is 0.375. The second-order valence-corrected chi connectivity index (χ2v) is 7.82. The number of halogens is 1. The summed E-state index contributed by atoms with van der Waals surface area (Å²) in [6.07, 6.45) is 2.49. The minimum absolute atomic E-state index is 0. The normalized spacial score (nSPS) is 14.8. The van der Waals surface area contributed by atoms with Crippen molar-refractivity contribution in [3.63, 3.8) is 0 Å². The standard InChI is InChI=1S/C24H32N6O2.HI/c1-26-24(28-15-18-9-11-20(12-10-18)23(32)27-17-22(25)31)29-16-21(30-13-5-6-14-30)19-7-3-2-4-8-19;/h2-4,7-12,21H,5-6,13-17H2,1H3,(H2,25,31)(H,27,32)(H2,26,28,29);1H. The molecule has 1 aliphatic rings. The summed E-state index contributed by atoms with van der Waals surface area (Å²) in [5.41, 5.74) is 7.85. The smallest absolute Gasteiger partial charge is 0.251 e. The lowest BCUT2D eigenvalue weighted by Crippen LogP contribution is -2.42. The zero-order valence-electron chi connectivity index (χ0n) is 18.9. The van der Waals surface area contributed by atoms with E-state index >= 15 is 0 Å². The highest BCUT2D eigenvalue weighted by molar-refractivity contribution is 14.0. The van der Waals surface area contributed by atoms with Gasteiger partial charge in [0.15, 0.2) is 5.96 Å². The lowest BCUT2D eigenvalue weighted by molar-refractivity contribution is -0.117. The molecule has 2 aromatic rings. The van der Waals surface area contributed by atoms with E-state index in [0.717, 1.165) is 31.2 Å². The lowest BCUT2D eigenvalue weighted by Gasteiger charge is -2.29. The molecule has 33 heavy (non-hydrogen) atoms. The van der Waals surface area contributed by atoms with Gasteiger partial charge in [0.05, 0.1) is 12.6 Å². The molecule has 0 spiro atoms. The molecule has 1 atom stereocenters. The summed E-state index contributed by atoms with van der Waals surface area (Å²) in [5, 5.41) is 9.27. The van der Waals surface area contributed by atoms with E-state index in [0.29, 0.717) is 18.2 Å². The fourth-order valence-corrected chi connectivity index (χ4v) is 3.83. The molecule has 1 aliphatic heterocycles.